The summed E-state index contributed by atoms with van der Waals surface area (Å²) in [6, 6.07) is 17.1. The third kappa shape index (κ3) is 6.99. The van der Waals surface area contributed by atoms with Gasteiger partial charge in [0, 0.05) is 32.5 Å². The first-order valence-corrected chi connectivity index (χ1v) is 13.6. The minimum Gasteiger partial charge on any atom is -0.508 e. The molecule has 42 heavy (non-hydrogen) atoms. The number of phenolic OH excluding ortho intramolecular Hbond substituents is 2. The van der Waals surface area contributed by atoms with Gasteiger partial charge in [0.1, 0.15) is 17.2 Å². The number of fused-ring (bicyclic) bond motifs is 1. The minimum atomic E-state index is -5.69. The normalized spacial score (nSPS) is 12.8. The number of ether oxygens (including phenoxy) is 1. The van der Waals surface area contributed by atoms with Crippen LogP contribution >= 0.6 is 11.3 Å². The predicted molar refractivity (Wildman–Crippen MR) is 147 cm³/mol. The molecule has 0 saturated heterocycles. The van der Waals surface area contributed by atoms with Crippen molar-refractivity contribution in [1.29, 1.82) is 0 Å². The summed E-state index contributed by atoms with van der Waals surface area (Å²) in [5.41, 5.74) is 1.44. The number of thiophene rings is 1. The fourth-order valence-corrected chi connectivity index (χ4v) is 5.63. The summed E-state index contributed by atoms with van der Waals surface area (Å²) in [6.07, 6.45) is -8.28. The van der Waals surface area contributed by atoms with E-state index in [0.29, 0.717) is 37.4 Å². The van der Waals surface area contributed by atoms with Gasteiger partial charge in [-0.3, -0.25) is 9.59 Å². The maximum atomic E-state index is 13.7. The van der Waals surface area contributed by atoms with Crippen LogP contribution in [0.5, 0.6) is 17.2 Å². The molecule has 222 valence electrons. The molecule has 12 heteroatoms. The first-order valence-electron chi connectivity index (χ1n) is 12.8. The molecule has 6 nitrogen and oxygen atoms in total. The van der Waals surface area contributed by atoms with Crippen molar-refractivity contribution in [3.8, 4) is 27.7 Å². The Balaban J connectivity index is 1.44. The van der Waals surface area contributed by atoms with E-state index in [-0.39, 0.29) is 36.7 Å². The summed E-state index contributed by atoms with van der Waals surface area (Å²) >= 11 is 1.31. The Labute approximate surface area is 240 Å². The molecule has 0 spiro atoms. The molecule has 0 amide bonds. The molecule has 4 rings (SSSR count). The second kappa shape index (κ2) is 12.4. The van der Waals surface area contributed by atoms with E-state index < -0.39 is 36.8 Å². The van der Waals surface area contributed by atoms with Crippen LogP contribution < -0.4 is 4.74 Å². The van der Waals surface area contributed by atoms with Gasteiger partial charge in [0.25, 0.3) is 0 Å². The summed E-state index contributed by atoms with van der Waals surface area (Å²) in [5.74, 6) is -7.26. The molecule has 4 aromatic rings. The summed E-state index contributed by atoms with van der Waals surface area (Å²) in [7, 11) is 0. The Morgan fingerprint density at radius 3 is 2.12 bits per heavy atom. The molecule has 3 aromatic carbocycles. The monoisotopic (exact) mass is 608 g/mol. The lowest BCUT2D eigenvalue weighted by Gasteiger charge is -2.20. The number of ketones is 1. The number of aromatic hydroxyl groups is 2. The van der Waals surface area contributed by atoms with Crippen molar-refractivity contribution >= 4 is 33.2 Å². The van der Waals surface area contributed by atoms with E-state index in [9.17, 15) is 46.9 Å². The van der Waals surface area contributed by atoms with Crippen molar-refractivity contribution in [2.45, 2.75) is 37.8 Å². The van der Waals surface area contributed by atoms with Crippen LogP contribution in [-0.4, -0.2) is 45.8 Å². The zero-order valence-electron chi connectivity index (χ0n) is 21.8. The van der Waals surface area contributed by atoms with Crippen LogP contribution in [-0.2, 0) is 4.79 Å². The topological polar surface area (TPSA) is 104 Å². The molecule has 1 heterocycles. The van der Waals surface area contributed by atoms with Crippen LogP contribution in [0.25, 0.3) is 20.5 Å². The Hall–Kier alpha value is -4.19. The molecule has 3 N–H and O–H groups in total. The molecule has 0 saturated carbocycles. The number of carboxylic acids is 1. The number of carbonyl (C=O) groups excluding carboxylic acids is 1. The van der Waals surface area contributed by atoms with E-state index in [1.807, 2.05) is 0 Å². The van der Waals surface area contributed by atoms with Crippen molar-refractivity contribution < 1.29 is 51.6 Å². The highest BCUT2D eigenvalue weighted by Gasteiger charge is 2.56. The van der Waals surface area contributed by atoms with Crippen LogP contribution in [0.1, 0.15) is 41.6 Å². The highest BCUT2D eigenvalue weighted by Crippen LogP contribution is 2.42. The molecule has 1 atom stereocenters. The smallest absolute Gasteiger partial charge is 0.453 e. The molecule has 1 unspecified atom stereocenters. The van der Waals surface area contributed by atoms with E-state index >= 15 is 0 Å². The lowest BCUT2D eigenvalue weighted by atomic mass is 9.97. The molecule has 0 radical (unpaired) electrons. The number of carbonyl (C=O) groups is 2. The van der Waals surface area contributed by atoms with E-state index in [0.717, 1.165) is 0 Å². The van der Waals surface area contributed by atoms with Crippen LogP contribution in [0.3, 0.4) is 0 Å². The Kier molecular flexibility index (Phi) is 9.05. The standard InChI is InChI=1S/C30H25F5O6S/c31-29(32,30(33,34)35)14-1-2-19(28(39)40)13-15-41-22-10-5-17(6-11-22)26(38)25-23-12-9-21(37)16-24(23)42-27(25)18-3-7-20(36)8-4-18/h3-12,16,19,36-37H,1-2,13-15H2,(H,39,40). The summed E-state index contributed by atoms with van der Waals surface area (Å²) < 4.78 is 69.5. The lowest BCUT2D eigenvalue weighted by Crippen LogP contribution is -2.36. The second-order valence-electron chi connectivity index (χ2n) is 9.65. The molecule has 0 fully saturated rings. The van der Waals surface area contributed by atoms with Crippen molar-refractivity contribution in [3.05, 3.63) is 77.9 Å². The third-order valence-electron chi connectivity index (χ3n) is 6.69. The van der Waals surface area contributed by atoms with Crippen molar-refractivity contribution in [3.63, 3.8) is 0 Å². The highest BCUT2D eigenvalue weighted by atomic mass is 32.1. The van der Waals surface area contributed by atoms with Gasteiger partial charge in [0.2, 0.25) is 0 Å². The SMILES string of the molecule is O=C(c1ccc(OCCC(CCCC(F)(F)C(F)(F)F)C(=O)O)cc1)c1c(-c2ccc(O)cc2)sc2cc(O)ccc12. The van der Waals surface area contributed by atoms with Gasteiger partial charge in [-0.1, -0.05) is 0 Å². The third-order valence-corrected chi connectivity index (χ3v) is 7.89. The molecule has 0 aliphatic rings. The summed E-state index contributed by atoms with van der Waals surface area (Å²) in [6.45, 7) is -0.135. The van der Waals surface area contributed by atoms with Gasteiger partial charge < -0.3 is 20.1 Å². The zero-order valence-corrected chi connectivity index (χ0v) is 22.6. The Morgan fingerprint density at radius 2 is 1.50 bits per heavy atom. The number of phenols is 2. The molecule has 0 aliphatic heterocycles. The zero-order chi connectivity index (χ0) is 30.7. The van der Waals surface area contributed by atoms with E-state index in [4.69, 9.17) is 4.74 Å². The Bertz CT molecular complexity index is 1560. The molecule has 0 aliphatic carbocycles. The van der Waals surface area contributed by atoms with Crippen LogP contribution in [0.15, 0.2) is 66.7 Å². The second-order valence-corrected chi connectivity index (χ2v) is 10.7. The van der Waals surface area contributed by atoms with E-state index in [2.05, 4.69) is 0 Å². The Morgan fingerprint density at radius 1 is 0.857 bits per heavy atom. The fourth-order valence-electron chi connectivity index (χ4n) is 4.40. The average molecular weight is 609 g/mol. The number of carboxylic acid groups (broad SMARTS) is 1. The quantitative estimate of drug-likeness (QED) is 0.111. The number of alkyl halides is 5. The molecule has 0 bridgehead atoms. The minimum absolute atomic E-state index is 0.0471. The first-order chi connectivity index (χ1) is 19.8. The number of hydrogen-bond acceptors (Lipinski definition) is 6. The molecular weight excluding hydrogens is 583 g/mol. The molecular formula is C30H25F5O6S. The summed E-state index contributed by atoms with van der Waals surface area (Å²) in [4.78, 5) is 25.8. The van der Waals surface area contributed by atoms with Gasteiger partial charge in [0.05, 0.1) is 12.5 Å². The van der Waals surface area contributed by atoms with Gasteiger partial charge in [-0.05, 0) is 91.6 Å². The number of benzene rings is 3. The van der Waals surface area contributed by atoms with Gasteiger partial charge in [0.15, 0.2) is 5.78 Å². The maximum Gasteiger partial charge on any atom is 0.453 e. The fraction of sp³-hybridized carbons (Fsp3) is 0.267. The van der Waals surface area contributed by atoms with Crippen LogP contribution in [0, 0.1) is 5.92 Å². The number of halogens is 5. The van der Waals surface area contributed by atoms with Gasteiger partial charge in [-0.15, -0.1) is 11.3 Å². The van der Waals surface area contributed by atoms with Gasteiger partial charge in [-0.25, -0.2) is 0 Å². The first kappa shape index (κ1) is 30.8. The van der Waals surface area contributed by atoms with Gasteiger partial charge in [-0.2, -0.15) is 22.0 Å². The predicted octanol–water partition coefficient (Wildman–Crippen LogP) is 8.05. The van der Waals surface area contributed by atoms with Crippen molar-refractivity contribution in [2.75, 3.05) is 6.61 Å². The highest BCUT2D eigenvalue weighted by molar-refractivity contribution is 7.22. The largest absolute Gasteiger partial charge is 0.508 e. The van der Waals surface area contributed by atoms with Crippen molar-refractivity contribution in [2.24, 2.45) is 5.92 Å². The number of rotatable bonds is 12. The van der Waals surface area contributed by atoms with Crippen LogP contribution in [0.2, 0.25) is 0 Å². The summed E-state index contributed by atoms with van der Waals surface area (Å²) in [5, 5.41) is 29.6. The number of aliphatic carboxylic acids is 1. The number of hydrogen-bond donors (Lipinski definition) is 3. The maximum absolute atomic E-state index is 13.7. The molecule has 1 aromatic heterocycles. The van der Waals surface area contributed by atoms with E-state index in [1.54, 1.807) is 24.3 Å². The lowest BCUT2D eigenvalue weighted by molar-refractivity contribution is -0.284. The average Bonchev–Trinajstić information content (AvgIpc) is 3.30. The van der Waals surface area contributed by atoms with Crippen molar-refractivity contribution in [1.82, 2.24) is 0 Å². The van der Waals surface area contributed by atoms with Crippen LogP contribution in [0.4, 0.5) is 22.0 Å². The van der Waals surface area contributed by atoms with Gasteiger partial charge >= 0.3 is 18.1 Å². The van der Waals surface area contributed by atoms with E-state index in [1.165, 1.54) is 53.8 Å².